The third kappa shape index (κ3) is 4.76. The van der Waals surface area contributed by atoms with Gasteiger partial charge in [-0.1, -0.05) is 12.1 Å². The molecule has 23 heavy (non-hydrogen) atoms. The third-order valence-electron chi connectivity index (χ3n) is 2.95. The summed E-state index contributed by atoms with van der Waals surface area (Å²) in [6, 6.07) is 10.7. The molecule has 0 aliphatic carbocycles. The Kier molecular flexibility index (Phi) is 5.61. The van der Waals surface area contributed by atoms with Crippen LogP contribution in [0.25, 0.3) is 0 Å². The fourth-order valence-electron chi connectivity index (χ4n) is 1.70. The third-order valence-corrected chi connectivity index (χ3v) is 3.90. The summed E-state index contributed by atoms with van der Waals surface area (Å²) in [5.41, 5.74) is 4.55. The molecule has 0 fully saturated rings. The van der Waals surface area contributed by atoms with E-state index in [1.165, 1.54) is 17.6 Å². The number of carbonyl (C=O) groups is 2. The molecule has 0 unspecified atom stereocenters. The van der Waals surface area contributed by atoms with Crippen LogP contribution < -0.4 is 10.7 Å². The summed E-state index contributed by atoms with van der Waals surface area (Å²) < 4.78 is 0. The van der Waals surface area contributed by atoms with Crippen molar-refractivity contribution in [2.45, 2.75) is 13.3 Å². The smallest absolute Gasteiger partial charge is 0.318 e. The Bertz CT molecular complexity index is 772. The Hall–Kier alpha value is -2.98. The number of nitriles is 1. The van der Waals surface area contributed by atoms with Crippen LogP contribution in [0.15, 0.2) is 40.8 Å². The van der Waals surface area contributed by atoms with Crippen LogP contribution in [0.1, 0.15) is 16.0 Å². The lowest BCUT2D eigenvalue weighted by Crippen LogP contribution is -2.32. The van der Waals surface area contributed by atoms with Gasteiger partial charge in [0.1, 0.15) is 0 Å². The lowest BCUT2D eigenvalue weighted by atomic mass is 10.1. The quantitative estimate of drug-likeness (QED) is 0.512. The number of thiophene rings is 1. The molecule has 1 aromatic carbocycles. The van der Waals surface area contributed by atoms with Crippen molar-refractivity contribution in [2.75, 3.05) is 5.32 Å². The molecule has 0 atom stereocenters. The van der Waals surface area contributed by atoms with Gasteiger partial charge in [0.25, 0.3) is 0 Å². The van der Waals surface area contributed by atoms with Gasteiger partial charge in [-0.15, -0.1) is 11.3 Å². The van der Waals surface area contributed by atoms with Crippen molar-refractivity contribution in [2.24, 2.45) is 5.10 Å². The van der Waals surface area contributed by atoms with Crippen LogP contribution in [0.2, 0.25) is 0 Å². The zero-order chi connectivity index (χ0) is 16.7. The van der Waals surface area contributed by atoms with Crippen molar-refractivity contribution in [1.82, 2.24) is 5.43 Å². The summed E-state index contributed by atoms with van der Waals surface area (Å²) in [5, 5.41) is 16.7. The van der Waals surface area contributed by atoms with Crippen LogP contribution >= 0.6 is 11.3 Å². The molecule has 7 heteroatoms. The molecule has 0 aliphatic rings. The summed E-state index contributed by atoms with van der Waals surface area (Å²) in [5.74, 6) is -1.66. The van der Waals surface area contributed by atoms with Crippen molar-refractivity contribution in [3.8, 4) is 6.07 Å². The molecule has 1 heterocycles. The highest BCUT2D eigenvalue weighted by atomic mass is 32.1. The number of amides is 2. The topological polar surface area (TPSA) is 94.3 Å². The predicted octanol–water partition coefficient (Wildman–Crippen LogP) is 2.21. The first-order valence-corrected chi connectivity index (χ1v) is 7.62. The van der Waals surface area contributed by atoms with E-state index in [-0.39, 0.29) is 0 Å². The van der Waals surface area contributed by atoms with Gasteiger partial charge in [0.05, 0.1) is 18.7 Å². The standard InChI is InChI=1S/C16H14N4O2S/c1-11-7-9-23-14(11)10-18-20-16(22)15(21)19-13-4-2-12(3-5-13)6-8-17/h2-5,7,9-10H,6H2,1H3,(H,19,21)(H,20,22)/b18-10+. The number of hydrogen-bond acceptors (Lipinski definition) is 5. The van der Waals surface area contributed by atoms with Gasteiger partial charge in [0.2, 0.25) is 0 Å². The monoisotopic (exact) mass is 326 g/mol. The zero-order valence-electron chi connectivity index (χ0n) is 12.4. The van der Waals surface area contributed by atoms with Gasteiger partial charge >= 0.3 is 11.8 Å². The van der Waals surface area contributed by atoms with E-state index in [0.29, 0.717) is 12.1 Å². The molecule has 2 N–H and O–H groups in total. The maximum atomic E-state index is 11.7. The van der Waals surface area contributed by atoms with Crippen LogP contribution in [0.4, 0.5) is 5.69 Å². The zero-order valence-corrected chi connectivity index (χ0v) is 13.2. The molecule has 0 radical (unpaired) electrons. The number of benzene rings is 1. The van der Waals surface area contributed by atoms with E-state index in [0.717, 1.165) is 16.0 Å². The Balaban J connectivity index is 1.87. The maximum Gasteiger partial charge on any atom is 0.329 e. The fraction of sp³-hybridized carbons (Fsp3) is 0.125. The molecule has 0 aliphatic heterocycles. The van der Waals surface area contributed by atoms with E-state index < -0.39 is 11.8 Å². The molecule has 0 saturated heterocycles. The Morgan fingerprint density at radius 3 is 2.61 bits per heavy atom. The van der Waals surface area contributed by atoms with E-state index in [4.69, 9.17) is 5.26 Å². The highest BCUT2D eigenvalue weighted by molar-refractivity contribution is 7.11. The van der Waals surface area contributed by atoms with Crippen molar-refractivity contribution in [3.63, 3.8) is 0 Å². The summed E-state index contributed by atoms with van der Waals surface area (Å²) in [4.78, 5) is 24.3. The highest BCUT2D eigenvalue weighted by Crippen LogP contribution is 2.12. The average molecular weight is 326 g/mol. The number of aryl methyl sites for hydroxylation is 1. The Morgan fingerprint density at radius 2 is 2.00 bits per heavy atom. The van der Waals surface area contributed by atoms with E-state index >= 15 is 0 Å². The maximum absolute atomic E-state index is 11.7. The molecule has 1 aromatic heterocycles. The molecular weight excluding hydrogens is 312 g/mol. The first-order chi connectivity index (χ1) is 11.1. The summed E-state index contributed by atoms with van der Waals surface area (Å²) in [6.07, 6.45) is 1.80. The second-order valence-electron chi connectivity index (χ2n) is 4.65. The minimum Gasteiger partial charge on any atom is -0.318 e. The number of nitrogens with zero attached hydrogens (tertiary/aromatic N) is 2. The number of hydrazone groups is 1. The summed E-state index contributed by atoms with van der Waals surface area (Å²) >= 11 is 1.49. The van der Waals surface area contributed by atoms with Crippen LogP contribution in [-0.2, 0) is 16.0 Å². The van der Waals surface area contributed by atoms with Gasteiger partial charge in [-0.3, -0.25) is 9.59 Å². The van der Waals surface area contributed by atoms with Crippen LogP contribution in [-0.4, -0.2) is 18.0 Å². The molecule has 0 saturated carbocycles. The first kappa shape index (κ1) is 16.4. The minimum atomic E-state index is -0.850. The largest absolute Gasteiger partial charge is 0.329 e. The summed E-state index contributed by atoms with van der Waals surface area (Å²) in [6.45, 7) is 1.93. The Morgan fingerprint density at radius 1 is 1.26 bits per heavy atom. The molecular formula is C16H14N4O2S. The second-order valence-corrected chi connectivity index (χ2v) is 5.60. The Labute approximate surface area is 137 Å². The summed E-state index contributed by atoms with van der Waals surface area (Å²) in [7, 11) is 0. The van der Waals surface area contributed by atoms with Crippen LogP contribution in [0, 0.1) is 18.3 Å². The molecule has 2 aromatic rings. The van der Waals surface area contributed by atoms with Gasteiger partial charge in [0, 0.05) is 10.6 Å². The van der Waals surface area contributed by atoms with Gasteiger partial charge in [-0.2, -0.15) is 10.4 Å². The highest BCUT2D eigenvalue weighted by Gasteiger charge is 2.12. The van der Waals surface area contributed by atoms with E-state index in [1.54, 1.807) is 24.3 Å². The lowest BCUT2D eigenvalue weighted by molar-refractivity contribution is -0.136. The molecule has 2 rings (SSSR count). The van der Waals surface area contributed by atoms with Crippen molar-refractivity contribution in [3.05, 3.63) is 51.7 Å². The van der Waals surface area contributed by atoms with Crippen molar-refractivity contribution < 1.29 is 9.59 Å². The van der Waals surface area contributed by atoms with Crippen molar-refractivity contribution >= 4 is 35.1 Å². The molecule has 6 nitrogen and oxygen atoms in total. The average Bonchev–Trinajstić information content (AvgIpc) is 2.94. The predicted molar refractivity (Wildman–Crippen MR) is 89.2 cm³/mol. The number of hydrogen-bond donors (Lipinski definition) is 2. The van der Waals surface area contributed by atoms with Gasteiger partial charge in [0.15, 0.2) is 0 Å². The number of anilines is 1. The molecule has 0 spiro atoms. The second kappa shape index (κ2) is 7.87. The van der Waals surface area contributed by atoms with Gasteiger partial charge < -0.3 is 5.32 Å². The SMILES string of the molecule is Cc1ccsc1/C=N/NC(=O)C(=O)Nc1ccc(CC#N)cc1. The minimum absolute atomic E-state index is 0.297. The normalized spacial score (nSPS) is 10.3. The lowest BCUT2D eigenvalue weighted by Gasteiger charge is -2.04. The van der Waals surface area contributed by atoms with Gasteiger partial charge in [-0.05, 0) is 41.6 Å². The van der Waals surface area contributed by atoms with E-state index in [9.17, 15) is 9.59 Å². The number of nitrogens with one attached hydrogen (secondary N) is 2. The number of carbonyl (C=O) groups excluding carboxylic acids is 2. The van der Waals surface area contributed by atoms with Crippen LogP contribution in [0.5, 0.6) is 0 Å². The number of rotatable bonds is 4. The molecule has 116 valence electrons. The van der Waals surface area contributed by atoms with E-state index in [1.807, 2.05) is 24.4 Å². The van der Waals surface area contributed by atoms with Crippen molar-refractivity contribution in [1.29, 1.82) is 5.26 Å². The molecule has 2 amide bonds. The van der Waals surface area contributed by atoms with Gasteiger partial charge in [-0.25, -0.2) is 5.43 Å². The fourth-order valence-corrected chi connectivity index (χ4v) is 2.49. The van der Waals surface area contributed by atoms with E-state index in [2.05, 4.69) is 15.8 Å². The first-order valence-electron chi connectivity index (χ1n) is 6.74. The molecule has 0 bridgehead atoms. The van der Waals surface area contributed by atoms with Crippen LogP contribution in [0.3, 0.4) is 0 Å².